The summed E-state index contributed by atoms with van der Waals surface area (Å²) in [6.07, 6.45) is -3.26. The summed E-state index contributed by atoms with van der Waals surface area (Å²) in [4.78, 5) is 32.9. The van der Waals surface area contributed by atoms with Crippen LogP contribution in [0.2, 0.25) is 0 Å². The largest absolute Gasteiger partial charge is 0.416 e. The van der Waals surface area contributed by atoms with Crippen LogP contribution in [0, 0.1) is 5.82 Å². The van der Waals surface area contributed by atoms with E-state index in [2.05, 4.69) is 21.7 Å². The second-order valence-corrected chi connectivity index (χ2v) is 11.2. The monoisotopic (exact) mass is 574 g/mol. The highest BCUT2D eigenvalue weighted by Gasteiger charge is 2.33. The fourth-order valence-corrected chi connectivity index (χ4v) is 6.40. The zero-order valence-corrected chi connectivity index (χ0v) is 22.8. The van der Waals surface area contributed by atoms with Crippen molar-refractivity contribution in [3.05, 3.63) is 87.4 Å². The van der Waals surface area contributed by atoms with E-state index in [1.54, 1.807) is 33.3 Å². The first-order chi connectivity index (χ1) is 19.1. The molecule has 1 aromatic heterocycles. The summed E-state index contributed by atoms with van der Waals surface area (Å²) in [5.41, 5.74) is 1.52. The van der Waals surface area contributed by atoms with Crippen LogP contribution in [-0.2, 0) is 17.4 Å². The molecule has 0 spiro atoms. The zero-order valence-electron chi connectivity index (χ0n) is 22.0. The highest BCUT2D eigenvalue weighted by atomic mass is 32.1. The maximum absolute atomic E-state index is 14.1. The third kappa shape index (κ3) is 6.15. The van der Waals surface area contributed by atoms with E-state index in [4.69, 9.17) is 0 Å². The number of benzene rings is 2. The first kappa shape index (κ1) is 28.1. The second kappa shape index (κ2) is 11.6. The molecule has 1 N–H and O–H groups in total. The molecule has 1 saturated heterocycles. The van der Waals surface area contributed by atoms with E-state index in [0.29, 0.717) is 32.6 Å². The molecular formula is C29H30F4N4O2S. The number of hydrogen-bond donors (Lipinski definition) is 1. The van der Waals surface area contributed by atoms with Gasteiger partial charge in [0, 0.05) is 55.8 Å². The number of fused-ring (bicyclic) bond motifs is 1. The lowest BCUT2D eigenvalue weighted by Crippen LogP contribution is -2.56. The predicted octanol–water partition coefficient (Wildman–Crippen LogP) is 6.01. The number of alkyl halides is 3. The van der Waals surface area contributed by atoms with Gasteiger partial charge in [0.1, 0.15) is 5.82 Å². The molecule has 0 saturated carbocycles. The third-order valence-electron chi connectivity index (χ3n) is 7.55. The molecule has 3 aromatic rings. The van der Waals surface area contributed by atoms with Gasteiger partial charge < -0.3 is 15.1 Å². The molecule has 2 atom stereocenters. The van der Waals surface area contributed by atoms with Crippen molar-refractivity contribution < 1.29 is 27.2 Å². The number of nitrogens with zero attached hydrogens (tertiary/aromatic N) is 3. The molecule has 0 radical (unpaired) electrons. The Morgan fingerprint density at radius 1 is 1.05 bits per heavy atom. The van der Waals surface area contributed by atoms with Gasteiger partial charge in [0.15, 0.2) is 0 Å². The first-order valence-corrected chi connectivity index (χ1v) is 14.1. The topological polar surface area (TPSA) is 55.9 Å². The number of hydrogen-bond acceptors (Lipinski definition) is 4. The predicted molar refractivity (Wildman–Crippen MR) is 146 cm³/mol. The first-order valence-electron chi connectivity index (χ1n) is 13.2. The highest BCUT2D eigenvalue weighted by Crippen LogP contribution is 2.38. The van der Waals surface area contributed by atoms with Crippen molar-refractivity contribution in [1.29, 1.82) is 0 Å². The van der Waals surface area contributed by atoms with Crippen LogP contribution in [-0.4, -0.2) is 65.4 Å². The van der Waals surface area contributed by atoms with Crippen LogP contribution in [0.1, 0.15) is 41.0 Å². The molecule has 11 heteroatoms. The van der Waals surface area contributed by atoms with Gasteiger partial charge in [-0.25, -0.2) is 9.18 Å². The lowest BCUT2D eigenvalue weighted by Gasteiger charge is -2.40. The van der Waals surface area contributed by atoms with Crippen LogP contribution in [0.25, 0.3) is 0 Å². The SMILES string of the molecule is C[C@@H]1CN(C(=O)CCN2CCc3sccc3[C@@H]2c2cccc(F)c2)CCN1C(=O)Nc1ccc(C(F)(F)F)cc1. The number of thiophene rings is 1. The molecule has 6 nitrogen and oxygen atoms in total. The van der Waals surface area contributed by atoms with Crippen molar-refractivity contribution in [2.45, 2.75) is 38.0 Å². The minimum absolute atomic E-state index is 0.0104. The van der Waals surface area contributed by atoms with Crippen LogP contribution in [0.15, 0.2) is 60.0 Å². The Bertz CT molecular complexity index is 1360. The minimum atomic E-state index is -4.44. The highest BCUT2D eigenvalue weighted by molar-refractivity contribution is 7.10. The third-order valence-corrected chi connectivity index (χ3v) is 8.54. The van der Waals surface area contributed by atoms with Crippen molar-refractivity contribution >= 4 is 29.0 Å². The van der Waals surface area contributed by atoms with Crippen molar-refractivity contribution in [3.63, 3.8) is 0 Å². The number of anilines is 1. The molecule has 212 valence electrons. The molecule has 1 fully saturated rings. The average Bonchev–Trinajstić information content (AvgIpc) is 3.40. The Labute approximate surface area is 234 Å². The fraction of sp³-hybridized carbons (Fsp3) is 0.379. The van der Waals surface area contributed by atoms with Gasteiger partial charge in [0.2, 0.25) is 5.91 Å². The van der Waals surface area contributed by atoms with Gasteiger partial charge >= 0.3 is 12.2 Å². The van der Waals surface area contributed by atoms with Crippen molar-refractivity contribution in [2.24, 2.45) is 0 Å². The van der Waals surface area contributed by atoms with E-state index in [1.807, 2.05) is 13.0 Å². The normalized spacial score (nSPS) is 19.8. The standard InChI is InChI=1S/C29H30F4N4O2S/c1-19-18-36(14-15-37(19)28(39)34-23-7-5-21(6-8-23)29(31,32)33)26(38)10-13-35-12-9-25-24(11-16-40-25)27(35)20-3-2-4-22(30)17-20/h2-8,11,16-17,19,27H,9-10,12-15,18H2,1H3,(H,34,39)/t19-,27+/m1/s1. The van der Waals surface area contributed by atoms with Crippen LogP contribution < -0.4 is 5.32 Å². The summed E-state index contributed by atoms with van der Waals surface area (Å²) in [6.45, 7) is 4.18. The van der Waals surface area contributed by atoms with Gasteiger partial charge in [0.05, 0.1) is 11.6 Å². The lowest BCUT2D eigenvalue weighted by atomic mass is 9.93. The van der Waals surface area contributed by atoms with Gasteiger partial charge in [-0.2, -0.15) is 13.2 Å². The summed E-state index contributed by atoms with van der Waals surface area (Å²) in [7, 11) is 0. The molecule has 3 amide bonds. The zero-order chi connectivity index (χ0) is 28.4. The van der Waals surface area contributed by atoms with E-state index >= 15 is 0 Å². The van der Waals surface area contributed by atoms with Gasteiger partial charge in [-0.1, -0.05) is 12.1 Å². The van der Waals surface area contributed by atoms with E-state index in [-0.39, 0.29) is 29.5 Å². The maximum Gasteiger partial charge on any atom is 0.416 e. The van der Waals surface area contributed by atoms with E-state index in [9.17, 15) is 27.2 Å². The molecule has 2 aliphatic heterocycles. The molecule has 3 heterocycles. The summed E-state index contributed by atoms with van der Waals surface area (Å²) >= 11 is 1.70. The smallest absolute Gasteiger partial charge is 0.339 e. The average molecular weight is 575 g/mol. The molecule has 40 heavy (non-hydrogen) atoms. The molecule has 0 unspecified atom stereocenters. The fourth-order valence-electron chi connectivity index (χ4n) is 5.50. The van der Waals surface area contributed by atoms with Crippen molar-refractivity contribution in [1.82, 2.24) is 14.7 Å². The maximum atomic E-state index is 14.1. The summed E-state index contributed by atoms with van der Waals surface area (Å²) in [5.74, 6) is -0.297. The van der Waals surface area contributed by atoms with E-state index in [1.165, 1.54) is 23.1 Å². The number of amides is 3. The minimum Gasteiger partial charge on any atom is -0.339 e. The van der Waals surface area contributed by atoms with E-state index < -0.39 is 17.8 Å². The lowest BCUT2D eigenvalue weighted by molar-refractivity contribution is -0.137. The van der Waals surface area contributed by atoms with Crippen LogP contribution in [0.4, 0.5) is 28.0 Å². The molecule has 0 aliphatic carbocycles. The number of carbonyl (C=O) groups is 2. The molecule has 2 aliphatic rings. The Balaban J connectivity index is 1.17. The summed E-state index contributed by atoms with van der Waals surface area (Å²) in [6, 6.07) is 12.2. The second-order valence-electron chi connectivity index (χ2n) is 10.2. The van der Waals surface area contributed by atoms with Gasteiger partial charge in [-0.15, -0.1) is 11.3 Å². The Morgan fingerprint density at radius 3 is 2.52 bits per heavy atom. The number of carbonyl (C=O) groups excluding carboxylic acids is 2. The van der Waals surface area contributed by atoms with E-state index in [0.717, 1.165) is 36.2 Å². The molecular weight excluding hydrogens is 544 g/mol. The molecule has 2 aromatic carbocycles. The summed E-state index contributed by atoms with van der Waals surface area (Å²) in [5, 5.41) is 4.70. The number of piperazine rings is 1. The van der Waals surface area contributed by atoms with Crippen molar-refractivity contribution in [3.8, 4) is 0 Å². The van der Waals surface area contributed by atoms with Gasteiger partial charge in [0.25, 0.3) is 0 Å². The number of urea groups is 1. The van der Waals surface area contributed by atoms with Crippen LogP contribution in [0.3, 0.4) is 0 Å². The number of halogens is 4. The van der Waals surface area contributed by atoms with Crippen LogP contribution >= 0.6 is 11.3 Å². The Kier molecular flexibility index (Phi) is 8.14. The quantitative estimate of drug-likeness (QED) is 0.380. The number of rotatable bonds is 5. The van der Waals surface area contributed by atoms with Gasteiger partial charge in [-0.05, 0) is 72.3 Å². The molecule has 5 rings (SSSR count). The Hall–Kier alpha value is -3.44. The van der Waals surface area contributed by atoms with Crippen molar-refractivity contribution in [2.75, 3.05) is 38.0 Å². The molecule has 0 bridgehead atoms. The number of nitrogens with one attached hydrogen (secondary N) is 1. The van der Waals surface area contributed by atoms with Gasteiger partial charge in [-0.3, -0.25) is 9.69 Å². The summed E-state index contributed by atoms with van der Waals surface area (Å²) < 4.78 is 52.5. The van der Waals surface area contributed by atoms with Crippen LogP contribution in [0.5, 0.6) is 0 Å². The Morgan fingerprint density at radius 2 is 1.82 bits per heavy atom.